The second-order valence-electron chi connectivity index (χ2n) is 6.83. The van der Waals surface area contributed by atoms with Crippen LogP contribution >= 0.6 is 0 Å². The Bertz CT molecular complexity index is 683. The van der Waals surface area contributed by atoms with Crippen LogP contribution in [-0.2, 0) is 12.8 Å². The van der Waals surface area contributed by atoms with Gasteiger partial charge in [-0.3, -0.25) is 0 Å². The Hall–Kier alpha value is -2.30. The van der Waals surface area contributed by atoms with Gasteiger partial charge < -0.3 is 14.7 Å². The highest BCUT2D eigenvalue weighted by Crippen LogP contribution is 2.32. The topological polar surface area (TPSA) is 58.4 Å². The third-order valence-corrected chi connectivity index (χ3v) is 4.75. The van der Waals surface area contributed by atoms with Gasteiger partial charge in [0.1, 0.15) is 5.76 Å². The molecule has 0 spiro atoms. The Labute approximate surface area is 143 Å². The maximum Gasteiger partial charge on any atom is 0.317 e. The van der Waals surface area contributed by atoms with Gasteiger partial charge in [0.05, 0.1) is 5.69 Å². The van der Waals surface area contributed by atoms with Gasteiger partial charge in [0.2, 0.25) is 0 Å². The molecule has 0 radical (unpaired) electrons. The number of benzene rings is 1. The van der Waals surface area contributed by atoms with Crippen molar-refractivity contribution in [1.29, 1.82) is 0 Å². The molecule has 5 nitrogen and oxygen atoms in total. The average molecular weight is 327 g/mol. The fraction of sp³-hybridized carbons (Fsp3) is 0.474. The van der Waals surface area contributed by atoms with Crippen molar-refractivity contribution in [2.24, 2.45) is 0 Å². The Morgan fingerprint density at radius 1 is 1.38 bits per heavy atom. The Balaban J connectivity index is 1.56. The van der Waals surface area contributed by atoms with E-state index >= 15 is 0 Å². The molecule has 1 fully saturated rings. The fourth-order valence-electron chi connectivity index (χ4n) is 3.51. The van der Waals surface area contributed by atoms with Crippen LogP contribution in [0.5, 0.6) is 0 Å². The highest BCUT2D eigenvalue weighted by atomic mass is 16.5. The molecule has 5 heteroatoms. The summed E-state index contributed by atoms with van der Waals surface area (Å²) in [4.78, 5) is 14.6. The van der Waals surface area contributed by atoms with Crippen LogP contribution in [0.2, 0.25) is 0 Å². The molecule has 1 saturated heterocycles. The third kappa shape index (κ3) is 3.78. The lowest BCUT2D eigenvalue weighted by molar-refractivity contribution is 0.155. The number of nitrogens with zero attached hydrogens (tertiary/aromatic N) is 2. The van der Waals surface area contributed by atoms with E-state index in [9.17, 15) is 4.79 Å². The molecular weight excluding hydrogens is 302 g/mol. The number of carbonyl (C=O) groups excluding carboxylic acids is 1. The first kappa shape index (κ1) is 16.6. The van der Waals surface area contributed by atoms with Gasteiger partial charge in [-0.25, -0.2) is 4.79 Å². The van der Waals surface area contributed by atoms with Crippen molar-refractivity contribution in [3.63, 3.8) is 0 Å². The summed E-state index contributed by atoms with van der Waals surface area (Å²) in [5.41, 5.74) is 2.02. The van der Waals surface area contributed by atoms with Crippen molar-refractivity contribution in [1.82, 2.24) is 15.4 Å². The molecule has 0 saturated carbocycles. The van der Waals surface area contributed by atoms with Crippen LogP contribution in [0.1, 0.15) is 36.8 Å². The standard InChI is InChI=1S/C19H25N3O2/c1-15-13-17(24-21-15)9-11-20-18(23)22-12-6-10-19(22,2)14-16-7-4-3-5-8-16/h3-5,7-8,13H,6,9-12,14H2,1-2H3,(H,20,23). The molecule has 128 valence electrons. The maximum absolute atomic E-state index is 12.6. The highest BCUT2D eigenvalue weighted by molar-refractivity contribution is 5.75. The van der Waals surface area contributed by atoms with E-state index in [4.69, 9.17) is 4.52 Å². The number of aromatic nitrogens is 1. The summed E-state index contributed by atoms with van der Waals surface area (Å²) in [6.45, 7) is 5.46. The molecule has 2 amide bonds. The monoisotopic (exact) mass is 327 g/mol. The number of carbonyl (C=O) groups is 1. The molecule has 1 N–H and O–H groups in total. The molecule has 0 bridgehead atoms. The minimum atomic E-state index is -0.117. The smallest absolute Gasteiger partial charge is 0.317 e. The molecule has 1 aromatic carbocycles. The van der Waals surface area contributed by atoms with Gasteiger partial charge in [0.15, 0.2) is 0 Å². The molecule has 0 aliphatic carbocycles. The van der Waals surface area contributed by atoms with Crippen LogP contribution in [-0.4, -0.2) is 34.7 Å². The van der Waals surface area contributed by atoms with E-state index in [1.165, 1.54) is 5.56 Å². The van der Waals surface area contributed by atoms with Gasteiger partial charge in [-0.15, -0.1) is 0 Å². The summed E-state index contributed by atoms with van der Waals surface area (Å²) in [6.07, 6.45) is 3.65. The average Bonchev–Trinajstić information content (AvgIpc) is 3.14. The van der Waals surface area contributed by atoms with Crippen molar-refractivity contribution in [3.05, 3.63) is 53.4 Å². The predicted molar refractivity (Wildman–Crippen MR) is 92.8 cm³/mol. The number of hydrogen-bond donors (Lipinski definition) is 1. The summed E-state index contributed by atoms with van der Waals surface area (Å²) in [7, 11) is 0. The van der Waals surface area contributed by atoms with Gasteiger partial charge in [-0.05, 0) is 38.7 Å². The second-order valence-corrected chi connectivity index (χ2v) is 6.83. The minimum absolute atomic E-state index is 0.0159. The normalized spacial score (nSPS) is 20.3. The molecule has 2 heterocycles. The lowest BCUT2D eigenvalue weighted by Crippen LogP contribution is -2.51. The fourth-order valence-corrected chi connectivity index (χ4v) is 3.51. The second kappa shape index (κ2) is 7.07. The van der Waals surface area contributed by atoms with Crippen LogP contribution in [0.15, 0.2) is 40.9 Å². The van der Waals surface area contributed by atoms with Gasteiger partial charge >= 0.3 is 6.03 Å². The predicted octanol–water partition coefficient (Wildman–Crippen LogP) is 3.33. The van der Waals surface area contributed by atoms with Crippen molar-refractivity contribution >= 4 is 6.03 Å². The summed E-state index contributed by atoms with van der Waals surface area (Å²) in [6, 6.07) is 12.3. The zero-order chi connectivity index (χ0) is 17.0. The van der Waals surface area contributed by atoms with E-state index in [2.05, 4.69) is 41.7 Å². The highest BCUT2D eigenvalue weighted by Gasteiger charge is 2.39. The number of amides is 2. The Kier molecular flexibility index (Phi) is 4.88. The summed E-state index contributed by atoms with van der Waals surface area (Å²) >= 11 is 0. The van der Waals surface area contributed by atoms with Crippen LogP contribution in [0.3, 0.4) is 0 Å². The third-order valence-electron chi connectivity index (χ3n) is 4.75. The first-order valence-corrected chi connectivity index (χ1v) is 8.58. The molecule has 24 heavy (non-hydrogen) atoms. The summed E-state index contributed by atoms with van der Waals surface area (Å²) < 4.78 is 5.18. The zero-order valence-corrected chi connectivity index (χ0v) is 14.4. The zero-order valence-electron chi connectivity index (χ0n) is 14.4. The molecule has 1 aliphatic rings. The van der Waals surface area contributed by atoms with E-state index in [-0.39, 0.29) is 11.6 Å². The van der Waals surface area contributed by atoms with E-state index < -0.39 is 0 Å². The van der Waals surface area contributed by atoms with E-state index in [1.807, 2.05) is 24.0 Å². The quantitative estimate of drug-likeness (QED) is 0.916. The molecule has 2 aromatic rings. The Morgan fingerprint density at radius 2 is 2.17 bits per heavy atom. The van der Waals surface area contributed by atoms with Crippen LogP contribution in [0, 0.1) is 6.92 Å². The van der Waals surface area contributed by atoms with Gasteiger partial charge in [0.25, 0.3) is 0 Å². The van der Waals surface area contributed by atoms with E-state index in [0.29, 0.717) is 13.0 Å². The number of rotatable bonds is 5. The lowest BCUT2D eigenvalue weighted by atomic mass is 9.90. The first-order chi connectivity index (χ1) is 11.6. The maximum atomic E-state index is 12.6. The lowest BCUT2D eigenvalue weighted by Gasteiger charge is -2.35. The van der Waals surface area contributed by atoms with Crippen LogP contribution < -0.4 is 5.32 Å². The number of nitrogens with one attached hydrogen (secondary N) is 1. The largest absolute Gasteiger partial charge is 0.361 e. The van der Waals surface area contributed by atoms with Crippen molar-refractivity contribution < 1.29 is 9.32 Å². The summed E-state index contributed by atoms with van der Waals surface area (Å²) in [5, 5.41) is 6.89. The van der Waals surface area contributed by atoms with Gasteiger partial charge in [-0.2, -0.15) is 0 Å². The van der Waals surface area contributed by atoms with E-state index in [1.54, 1.807) is 0 Å². The molecule has 1 unspecified atom stereocenters. The molecule has 3 rings (SSSR count). The minimum Gasteiger partial charge on any atom is -0.361 e. The molecular formula is C19H25N3O2. The van der Waals surface area contributed by atoms with Gasteiger partial charge in [0, 0.05) is 31.1 Å². The molecule has 1 atom stereocenters. The van der Waals surface area contributed by atoms with Crippen molar-refractivity contribution in [2.75, 3.05) is 13.1 Å². The number of aryl methyl sites for hydroxylation is 1. The molecule has 1 aliphatic heterocycles. The van der Waals surface area contributed by atoms with Gasteiger partial charge in [-0.1, -0.05) is 35.5 Å². The van der Waals surface area contributed by atoms with Crippen LogP contribution in [0.25, 0.3) is 0 Å². The number of hydrogen-bond acceptors (Lipinski definition) is 3. The summed E-state index contributed by atoms with van der Waals surface area (Å²) in [5.74, 6) is 0.807. The number of urea groups is 1. The van der Waals surface area contributed by atoms with Crippen molar-refractivity contribution in [3.8, 4) is 0 Å². The van der Waals surface area contributed by atoms with E-state index in [0.717, 1.165) is 37.3 Å². The SMILES string of the molecule is Cc1cc(CCNC(=O)N2CCCC2(C)Cc2ccccc2)on1. The van der Waals surface area contributed by atoms with Crippen molar-refractivity contribution in [2.45, 2.75) is 45.1 Å². The Morgan fingerprint density at radius 3 is 2.88 bits per heavy atom. The first-order valence-electron chi connectivity index (χ1n) is 8.58. The van der Waals surface area contributed by atoms with Crippen LogP contribution in [0.4, 0.5) is 4.79 Å². The molecule has 1 aromatic heterocycles. The number of likely N-dealkylation sites (tertiary alicyclic amines) is 1.